The summed E-state index contributed by atoms with van der Waals surface area (Å²) >= 11 is 3.26. The maximum Gasteiger partial charge on any atom is 0.159 e. The van der Waals surface area contributed by atoms with Crippen molar-refractivity contribution in [3.63, 3.8) is 0 Å². The average Bonchev–Trinajstić information content (AvgIpc) is 2.30. The van der Waals surface area contributed by atoms with Gasteiger partial charge in [-0.3, -0.25) is 0 Å². The van der Waals surface area contributed by atoms with Crippen LogP contribution in [0.1, 0.15) is 0 Å². The van der Waals surface area contributed by atoms with E-state index in [1.165, 1.54) is 0 Å². The third kappa shape index (κ3) is 0.883. The smallest absolute Gasteiger partial charge is 0.159 e. The van der Waals surface area contributed by atoms with Gasteiger partial charge in [-0.1, -0.05) is 0 Å². The lowest BCUT2D eigenvalue weighted by molar-refractivity contribution is 0.916. The predicted octanol–water partition coefficient (Wildman–Crippen LogP) is 1.07. The fourth-order valence-corrected chi connectivity index (χ4v) is 1.24. The van der Waals surface area contributed by atoms with E-state index in [1.807, 2.05) is 12.1 Å². The van der Waals surface area contributed by atoms with Crippen molar-refractivity contribution in [2.45, 2.75) is 0 Å². The Bertz CT molecular complexity index is 394. The zero-order chi connectivity index (χ0) is 7.84. The van der Waals surface area contributed by atoms with Crippen LogP contribution in [0, 0.1) is 0 Å². The first-order valence-electron chi connectivity index (χ1n) is 3.04. The van der Waals surface area contributed by atoms with Crippen LogP contribution in [0.15, 0.2) is 22.9 Å². The lowest BCUT2D eigenvalue weighted by Gasteiger charge is -1.89. The van der Waals surface area contributed by atoms with Crippen molar-refractivity contribution < 1.29 is 0 Å². The first-order valence-corrected chi connectivity index (χ1v) is 3.83. The molecule has 0 bridgehead atoms. The molecule has 0 saturated carbocycles. The summed E-state index contributed by atoms with van der Waals surface area (Å²) in [4.78, 5) is 4.04. The van der Waals surface area contributed by atoms with Gasteiger partial charge in [0.1, 0.15) is 0 Å². The Balaban J connectivity index is 2.92. The number of rotatable bonds is 0. The Morgan fingerprint density at radius 2 is 2.36 bits per heavy atom. The molecule has 0 fully saturated rings. The number of hydrogen-bond acceptors (Lipinski definition) is 3. The molecule has 0 aliphatic carbocycles. The highest BCUT2D eigenvalue weighted by molar-refractivity contribution is 9.10. The summed E-state index contributed by atoms with van der Waals surface area (Å²) in [5.41, 5.74) is 6.28. The van der Waals surface area contributed by atoms with Crippen molar-refractivity contribution >= 4 is 27.4 Å². The SMILES string of the molecule is Nc1nc2cccnn2c1Br. The molecule has 4 nitrogen and oxygen atoms in total. The number of aromatic nitrogens is 3. The fraction of sp³-hybridized carbons (Fsp3) is 0. The summed E-state index contributed by atoms with van der Waals surface area (Å²) in [7, 11) is 0. The van der Waals surface area contributed by atoms with Crippen LogP contribution in [0.4, 0.5) is 5.82 Å². The molecule has 0 aliphatic rings. The summed E-state index contributed by atoms with van der Waals surface area (Å²) in [6, 6.07) is 3.66. The largest absolute Gasteiger partial charge is 0.381 e. The van der Waals surface area contributed by atoms with Gasteiger partial charge in [-0.25, -0.2) is 9.50 Å². The van der Waals surface area contributed by atoms with Gasteiger partial charge in [0.25, 0.3) is 0 Å². The molecule has 0 aliphatic heterocycles. The number of hydrogen-bond donors (Lipinski definition) is 1. The third-order valence-electron chi connectivity index (χ3n) is 1.36. The molecule has 0 aromatic carbocycles. The minimum absolute atomic E-state index is 0.462. The van der Waals surface area contributed by atoms with Crippen LogP contribution in [-0.2, 0) is 0 Å². The summed E-state index contributed by atoms with van der Waals surface area (Å²) < 4.78 is 2.34. The average molecular weight is 213 g/mol. The van der Waals surface area contributed by atoms with E-state index in [-0.39, 0.29) is 0 Å². The van der Waals surface area contributed by atoms with Gasteiger partial charge in [0.05, 0.1) is 0 Å². The van der Waals surface area contributed by atoms with Gasteiger partial charge in [-0.2, -0.15) is 5.10 Å². The highest BCUT2D eigenvalue weighted by Gasteiger charge is 2.04. The van der Waals surface area contributed by atoms with E-state index in [2.05, 4.69) is 26.0 Å². The number of nitrogens with two attached hydrogens (primary N) is 1. The van der Waals surface area contributed by atoms with Gasteiger partial charge < -0.3 is 5.73 Å². The summed E-state index contributed by atoms with van der Waals surface area (Å²) in [5, 5.41) is 4.03. The summed E-state index contributed by atoms with van der Waals surface area (Å²) in [6.07, 6.45) is 1.68. The second-order valence-electron chi connectivity index (χ2n) is 2.08. The molecule has 2 heterocycles. The van der Waals surface area contributed by atoms with Crippen LogP contribution in [0.3, 0.4) is 0 Å². The molecule has 2 aromatic rings. The second-order valence-corrected chi connectivity index (χ2v) is 2.83. The van der Waals surface area contributed by atoms with E-state index in [1.54, 1.807) is 10.7 Å². The normalized spacial score (nSPS) is 10.6. The third-order valence-corrected chi connectivity index (χ3v) is 2.10. The van der Waals surface area contributed by atoms with Gasteiger partial charge in [-0.15, -0.1) is 0 Å². The molecule has 0 atom stereocenters. The van der Waals surface area contributed by atoms with E-state index in [9.17, 15) is 0 Å². The molecule has 0 unspecified atom stereocenters. The van der Waals surface area contributed by atoms with Crippen LogP contribution in [0.25, 0.3) is 5.65 Å². The molecular formula is C6H5BrN4. The molecule has 0 radical (unpaired) electrons. The van der Waals surface area contributed by atoms with Gasteiger partial charge in [0.2, 0.25) is 0 Å². The van der Waals surface area contributed by atoms with E-state index >= 15 is 0 Å². The topological polar surface area (TPSA) is 56.2 Å². The second kappa shape index (κ2) is 2.20. The lowest BCUT2D eigenvalue weighted by atomic mass is 10.6. The summed E-state index contributed by atoms with van der Waals surface area (Å²) in [6.45, 7) is 0. The molecule has 11 heavy (non-hydrogen) atoms. The van der Waals surface area contributed by atoms with Gasteiger partial charge >= 0.3 is 0 Å². The number of nitrogens with zero attached hydrogens (tertiary/aromatic N) is 3. The van der Waals surface area contributed by atoms with Crippen LogP contribution < -0.4 is 5.73 Å². The number of fused-ring (bicyclic) bond motifs is 1. The highest BCUT2D eigenvalue weighted by atomic mass is 79.9. The van der Waals surface area contributed by atoms with Gasteiger partial charge in [-0.05, 0) is 28.1 Å². The fourth-order valence-electron chi connectivity index (χ4n) is 0.878. The Kier molecular flexibility index (Phi) is 1.32. The maximum absolute atomic E-state index is 5.53. The zero-order valence-electron chi connectivity index (χ0n) is 5.53. The van der Waals surface area contributed by atoms with Crippen LogP contribution >= 0.6 is 15.9 Å². The van der Waals surface area contributed by atoms with Crippen molar-refractivity contribution in [1.29, 1.82) is 0 Å². The van der Waals surface area contributed by atoms with Crippen molar-refractivity contribution in [1.82, 2.24) is 14.6 Å². The van der Waals surface area contributed by atoms with Gasteiger partial charge in [0, 0.05) is 6.20 Å². The molecule has 2 N–H and O–H groups in total. The molecule has 5 heteroatoms. The molecule has 0 spiro atoms. The number of imidazole rings is 1. The first-order chi connectivity index (χ1) is 5.29. The number of halogens is 1. The minimum atomic E-state index is 0.462. The standard InChI is InChI=1S/C6H5BrN4/c7-5-6(8)10-4-2-1-3-9-11(4)5/h1-3H,8H2. The monoisotopic (exact) mass is 212 g/mol. The molecular weight excluding hydrogens is 208 g/mol. The van der Waals surface area contributed by atoms with E-state index in [0.717, 1.165) is 5.65 Å². The van der Waals surface area contributed by atoms with E-state index in [4.69, 9.17) is 5.73 Å². The van der Waals surface area contributed by atoms with Crippen molar-refractivity contribution in [2.24, 2.45) is 0 Å². The molecule has 0 amide bonds. The van der Waals surface area contributed by atoms with Gasteiger partial charge in [0.15, 0.2) is 16.1 Å². The van der Waals surface area contributed by atoms with Crippen LogP contribution in [0.5, 0.6) is 0 Å². The first kappa shape index (κ1) is 6.60. The Labute approximate surface area is 71.2 Å². The van der Waals surface area contributed by atoms with Crippen molar-refractivity contribution in [3.05, 3.63) is 22.9 Å². The minimum Gasteiger partial charge on any atom is -0.381 e. The van der Waals surface area contributed by atoms with Crippen molar-refractivity contribution in [2.75, 3.05) is 5.73 Å². The van der Waals surface area contributed by atoms with E-state index < -0.39 is 0 Å². The van der Waals surface area contributed by atoms with Crippen LogP contribution in [0.2, 0.25) is 0 Å². The molecule has 0 saturated heterocycles. The molecule has 2 rings (SSSR count). The Morgan fingerprint density at radius 1 is 1.55 bits per heavy atom. The van der Waals surface area contributed by atoms with Crippen LogP contribution in [-0.4, -0.2) is 14.6 Å². The quantitative estimate of drug-likeness (QED) is 0.712. The summed E-state index contributed by atoms with van der Waals surface area (Å²) in [5.74, 6) is 0.462. The highest BCUT2D eigenvalue weighted by Crippen LogP contribution is 2.18. The van der Waals surface area contributed by atoms with E-state index in [0.29, 0.717) is 10.4 Å². The number of anilines is 1. The molecule has 56 valence electrons. The Morgan fingerprint density at radius 3 is 3.09 bits per heavy atom. The maximum atomic E-state index is 5.53. The molecule has 2 aromatic heterocycles. The zero-order valence-corrected chi connectivity index (χ0v) is 7.12. The Hall–Kier alpha value is -1.10. The van der Waals surface area contributed by atoms with Crippen molar-refractivity contribution in [3.8, 4) is 0 Å². The number of nitrogen functional groups attached to an aromatic ring is 1. The lowest BCUT2D eigenvalue weighted by Crippen LogP contribution is -1.89. The predicted molar refractivity (Wildman–Crippen MR) is 45.1 cm³/mol.